The molecule has 3 aromatic rings. The summed E-state index contributed by atoms with van der Waals surface area (Å²) in [6, 6.07) is 6.97. The van der Waals surface area contributed by atoms with Crippen molar-refractivity contribution < 1.29 is 18.4 Å². The second-order valence-electron chi connectivity index (χ2n) is 10.6. The molecule has 6 rings (SSSR count). The van der Waals surface area contributed by atoms with Gasteiger partial charge in [-0.1, -0.05) is 0 Å². The maximum atomic E-state index is 14.6. The van der Waals surface area contributed by atoms with Crippen LogP contribution in [-0.2, 0) is 4.79 Å². The predicted octanol–water partition coefficient (Wildman–Crippen LogP) is 3.01. The van der Waals surface area contributed by atoms with Gasteiger partial charge >= 0.3 is 0 Å². The molecule has 39 heavy (non-hydrogen) atoms. The van der Waals surface area contributed by atoms with Gasteiger partial charge in [-0.2, -0.15) is 5.10 Å². The van der Waals surface area contributed by atoms with Crippen LogP contribution in [0.5, 0.6) is 0 Å². The van der Waals surface area contributed by atoms with Crippen molar-refractivity contribution in [2.75, 3.05) is 38.6 Å². The number of carbonyl (C=O) groups excluding carboxylic acids is 2. The molecule has 1 unspecified atom stereocenters. The average molecular weight is 536 g/mol. The maximum absolute atomic E-state index is 14.6. The largest absolute Gasteiger partial charge is 0.364 e. The van der Waals surface area contributed by atoms with Crippen molar-refractivity contribution in [3.63, 3.8) is 0 Å². The highest BCUT2D eigenvalue weighted by Gasteiger charge is 2.34. The van der Waals surface area contributed by atoms with Crippen molar-refractivity contribution in [3.05, 3.63) is 76.8 Å². The van der Waals surface area contributed by atoms with Gasteiger partial charge in [-0.15, -0.1) is 0 Å². The Morgan fingerprint density at radius 3 is 2.82 bits per heavy atom. The number of rotatable bonds is 5. The van der Waals surface area contributed by atoms with E-state index < -0.39 is 11.6 Å². The summed E-state index contributed by atoms with van der Waals surface area (Å²) in [5.74, 6) is -1.10. The molecule has 0 bridgehead atoms. The van der Waals surface area contributed by atoms with Crippen LogP contribution in [0.2, 0.25) is 0 Å². The number of halogens is 2. The van der Waals surface area contributed by atoms with E-state index in [1.165, 1.54) is 12.1 Å². The highest BCUT2D eigenvalue weighted by Crippen LogP contribution is 2.38. The van der Waals surface area contributed by atoms with Crippen molar-refractivity contribution in [2.24, 2.45) is 0 Å². The first kappa shape index (κ1) is 25.3. The Morgan fingerprint density at radius 2 is 2.00 bits per heavy atom. The number of fused-ring (bicyclic) bond motifs is 2. The molecule has 2 atom stereocenters. The van der Waals surface area contributed by atoms with Crippen molar-refractivity contribution in [1.82, 2.24) is 30.3 Å². The van der Waals surface area contributed by atoms with Crippen LogP contribution in [0.4, 0.5) is 14.5 Å². The fourth-order valence-electron chi connectivity index (χ4n) is 5.96. The Hall–Kier alpha value is -3.99. The van der Waals surface area contributed by atoms with E-state index in [1.807, 2.05) is 17.1 Å². The molecule has 0 saturated carbocycles. The lowest BCUT2D eigenvalue weighted by Gasteiger charge is -2.33. The third-order valence-corrected chi connectivity index (χ3v) is 7.90. The molecule has 11 heteroatoms. The molecule has 2 aromatic heterocycles. The fourth-order valence-corrected chi connectivity index (χ4v) is 5.96. The van der Waals surface area contributed by atoms with E-state index in [4.69, 9.17) is 0 Å². The molecule has 2 amide bonds. The second kappa shape index (κ2) is 9.96. The first-order valence-electron chi connectivity index (χ1n) is 13.2. The van der Waals surface area contributed by atoms with Crippen molar-refractivity contribution >= 4 is 23.0 Å². The summed E-state index contributed by atoms with van der Waals surface area (Å²) in [7, 11) is 3.49. The number of nitrogens with one attached hydrogen (secondary N) is 2. The van der Waals surface area contributed by atoms with Gasteiger partial charge in [0.25, 0.3) is 11.8 Å². The zero-order valence-corrected chi connectivity index (χ0v) is 22.0. The van der Waals surface area contributed by atoms with Crippen LogP contribution in [-0.4, -0.2) is 71.1 Å². The van der Waals surface area contributed by atoms with Crippen molar-refractivity contribution in [2.45, 2.75) is 37.8 Å². The summed E-state index contributed by atoms with van der Waals surface area (Å²) in [6.45, 7) is 1.75. The van der Waals surface area contributed by atoms with Crippen molar-refractivity contribution in [3.8, 4) is 0 Å². The SMILES string of the molecule is CN(C)C(=O)C1=C2CCC(NC(=O)c3cnn4ccc(N5CCC[C@@H]5c5cc(F)ccc5F)cc34)CN2NC1. The smallest absolute Gasteiger partial charge is 0.255 e. The van der Waals surface area contributed by atoms with Gasteiger partial charge in [-0.05, 0) is 56.0 Å². The first-order valence-corrected chi connectivity index (χ1v) is 13.2. The Morgan fingerprint density at radius 1 is 1.15 bits per heavy atom. The van der Waals surface area contributed by atoms with E-state index in [1.54, 1.807) is 35.9 Å². The second-order valence-corrected chi connectivity index (χ2v) is 10.6. The Kier molecular flexibility index (Phi) is 6.46. The number of likely N-dealkylation sites (N-methyl/N-ethyl adjacent to an activating group) is 1. The van der Waals surface area contributed by atoms with Gasteiger partial charge in [0.1, 0.15) is 11.6 Å². The quantitative estimate of drug-likeness (QED) is 0.523. The molecule has 2 saturated heterocycles. The number of aromatic nitrogens is 2. The monoisotopic (exact) mass is 535 g/mol. The number of amides is 2. The Balaban J connectivity index is 1.20. The summed E-state index contributed by atoms with van der Waals surface area (Å²) in [4.78, 5) is 29.5. The van der Waals surface area contributed by atoms with Gasteiger partial charge in [0.05, 0.1) is 35.4 Å². The van der Waals surface area contributed by atoms with Crippen LogP contribution < -0.4 is 15.6 Å². The minimum Gasteiger partial charge on any atom is -0.364 e. The van der Waals surface area contributed by atoms with E-state index in [-0.39, 0.29) is 23.9 Å². The van der Waals surface area contributed by atoms with Crippen LogP contribution in [0.25, 0.3) is 5.52 Å². The number of allylic oxidation sites excluding steroid dienone is 1. The molecule has 3 aliphatic rings. The average Bonchev–Trinajstić information content (AvgIpc) is 3.67. The summed E-state index contributed by atoms with van der Waals surface area (Å²) < 4.78 is 30.2. The number of anilines is 1. The number of piperidine rings is 1. The molecule has 0 radical (unpaired) electrons. The number of benzene rings is 1. The minimum absolute atomic E-state index is 0.00465. The molecule has 0 aliphatic carbocycles. The highest BCUT2D eigenvalue weighted by molar-refractivity contribution is 6.01. The maximum Gasteiger partial charge on any atom is 0.255 e. The molecule has 204 valence electrons. The summed E-state index contributed by atoms with van der Waals surface area (Å²) >= 11 is 0. The molecule has 5 heterocycles. The van der Waals surface area contributed by atoms with E-state index >= 15 is 0 Å². The molecule has 1 aromatic carbocycles. The summed E-state index contributed by atoms with van der Waals surface area (Å²) in [5.41, 5.74) is 7.30. The molecule has 9 nitrogen and oxygen atoms in total. The molecular formula is C28H31F2N7O2. The number of hydrazine groups is 1. The van der Waals surface area contributed by atoms with Crippen molar-refractivity contribution in [1.29, 1.82) is 0 Å². The van der Waals surface area contributed by atoms with Crippen LogP contribution in [0.1, 0.15) is 47.6 Å². The topological polar surface area (TPSA) is 85.2 Å². The van der Waals surface area contributed by atoms with Gasteiger partial charge in [0.15, 0.2) is 0 Å². The van der Waals surface area contributed by atoms with Gasteiger partial charge in [0.2, 0.25) is 0 Å². The number of pyridine rings is 1. The zero-order valence-electron chi connectivity index (χ0n) is 22.0. The van der Waals surface area contributed by atoms with Gasteiger partial charge in [0, 0.05) is 56.4 Å². The lowest BCUT2D eigenvalue weighted by molar-refractivity contribution is -0.124. The van der Waals surface area contributed by atoms with Crippen LogP contribution in [0.3, 0.4) is 0 Å². The van der Waals surface area contributed by atoms with E-state index in [9.17, 15) is 18.4 Å². The van der Waals surface area contributed by atoms with E-state index in [0.717, 1.165) is 35.9 Å². The van der Waals surface area contributed by atoms with E-state index in [0.29, 0.717) is 49.1 Å². The standard InChI is InChI=1S/C28H31F2N7O2/c1-34(2)28(39)22-15-32-37-16-18(6-8-25(22)37)33-27(38)21-14-31-36-11-9-19(13-26(21)36)35-10-3-4-24(35)20-12-17(29)5-7-23(20)30/h5,7,9,11-14,18,24,32H,3-4,6,8,10,15-16H2,1-2H3,(H,33,38)/t18?,24-/m1/s1. The molecular weight excluding hydrogens is 504 g/mol. The van der Waals surface area contributed by atoms with Gasteiger partial charge < -0.3 is 20.1 Å². The minimum atomic E-state index is -0.460. The van der Waals surface area contributed by atoms with Crippen LogP contribution in [0.15, 0.2) is 54.0 Å². The number of hydrogen-bond donors (Lipinski definition) is 2. The third-order valence-electron chi connectivity index (χ3n) is 7.90. The molecule has 2 fully saturated rings. The first-order chi connectivity index (χ1) is 18.8. The Bertz CT molecular complexity index is 1480. The fraction of sp³-hybridized carbons (Fsp3) is 0.393. The number of carbonyl (C=O) groups is 2. The third kappa shape index (κ3) is 4.60. The normalized spacial score (nSPS) is 21.0. The lowest BCUT2D eigenvalue weighted by atomic mass is 10.0. The molecule has 2 N–H and O–H groups in total. The summed E-state index contributed by atoms with van der Waals surface area (Å²) in [6.07, 6.45) is 6.32. The molecule has 3 aliphatic heterocycles. The predicted molar refractivity (Wildman–Crippen MR) is 142 cm³/mol. The number of nitrogens with zero attached hydrogens (tertiary/aromatic N) is 5. The lowest BCUT2D eigenvalue weighted by Crippen LogP contribution is -2.49. The highest BCUT2D eigenvalue weighted by atomic mass is 19.1. The molecule has 0 spiro atoms. The van der Waals surface area contributed by atoms with Gasteiger partial charge in [-0.25, -0.2) is 18.7 Å². The van der Waals surface area contributed by atoms with Crippen LogP contribution >= 0.6 is 0 Å². The van der Waals surface area contributed by atoms with E-state index in [2.05, 4.69) is 20.7 Å². The Labute approximate surface area is 225 Å². The summed E-state index contributed by atoms with van der Waals surface area (Å²) in [5, 5.41) is 9.46. The zero-order chi connectivity index (χ0) is 27.3. The van der Waals surface area contributed by atoms with Gasteiger partial charge in [-0.3, -0.25) is 9.59 Å². The van der Waals surface area contributed by atoms with Crippen LogP contribution in [0, 0.1) is 11.6 Å². The number of hydrogen-bond acceptors (Lipinski definition) is 6.